The predicted molar refractivity (Wildman–Crippen MR) is 239 cm³/mol. The molecule has 0 aliphatic heterocycles. The van der Waals surface area contributed by atoms with Crippen molar-refractivity contribution in [3.63, 3.8) is 0 Å². The third-order valence-electron chi connectivity index (χ3n) is 9.39. The molecule has 0 aliphatic carbocycles. The van der Waals surface area contributed by atoms with Crippen LogP contribution in [0.4, 0.5) is 0 Å². The maximum Gasteiger partial charge on any atom is 0.0991 e. The largest absolute Gasteiger partial charge is 0.256 e. The fraction of sp³-hybridized carbons (Fsp3) is 0. The molecule has 0 saturated heterocycles. The van der Waals surface area contributed by atoms with Crippen molar-refractivity contribution in [2.75, 3.05) is 0 Å². The quantitative estimate of drug-likeness (QED) is 0.129. The molecule has 0 aliphatic rings. The van der Waals surface area contributed by atoms with Gasteiger partial charge in [-0.3, -0.25) is 9.97 Å². The molecule has 0 fully saturated rings. The van der Waals surface area contributed by atoms with Crippen molar-refractivity contribution in [3.8, 4) is 84.7 Å². The zero-order valence-corrected chi connectivity index (χ0v) is 31.8. The molecule has 0 bridgehead atoms. The molecule has 4 aromatic carbocycles. The van der Waals surface area contributed by atoms with Gasteiger partial charge >= 0.3 is 0 Å². The van der Waals surface area contributed by atoms with Gasteiger partial charge in [0.2, 0.25) is 0 Å². The summed E-state index contributed by atoms with van der Waals surface area (Å²) in [7, 11) is 0. The monoisotopic (exact) mass is 746 g/mol. The van der Waals surface area contributed by atoms with Crippen molar-refractivity contribution in [2.24, 2.45) is 0 Å². The Hall–Kier alpha value is -8.14. The van der Waals surface area contributed by atoms with E-state index in [1.54, 1.807) is 48.8 Å². The second kappa shape index (κ2) is 18.0. The minimum atomic E-state index is 0.577. The lowest BCUT2D eigenvalue weighted by molar-refractivity contribution is 1.17. The molecule has 8 rings (SSSR count). The molecule has 0 spiro atoms. The lowest BCUT2D eigenvalue weighted by atomic mass is 9.96. The first kappa shape index (κ1) is 38.1. The van der Waals surface area contributed by atoms with Crippen LogP contribution in [0.3, 0.4) is 0 Å². The fourth-order valence-electron chi connectivity index (χ4n) is 6.37. The maximum atomic E-state index is 9.36. The molecule has 58 heavy (non-hydrogen) atoms. The summed E-state index contributed by atoms with van der Waals surface area (Å²) in [4.78, 5) is 24.1. The third-order valence-corrected chi connectivity index (χ3v) is 9.39. The predicted octanol–water partition coefficient (Wildman–Crippen LogP) is 12.8. The molecular weight excluding hydrogens is 709 g/mol. The fourth-order valence-corrected chi connectivity index (χ4v) is 6.37. The third kappa shape index (κ3) is 8.55. The molecule has 8 aromatic rings. The summed E-state index contributed by atoms with van der Waals surface area (Å²) in [5, 5.41) is 9.36. The highest BCUT2D eigenvalue weighted by atomic mass is 14.8. The number of aromatic nitrogens is 5. The summed E-state index contributed by atoms with van der Waals surface area (Å²) in [6.07, 6.45) is 10.3. The number of hydrogen-bond donors (Lipinski definition) is 0. The van der Waals surface area contributed by atoms with Crippen molar-refractivity contribution in [3.05, 3.63) is 213 Å². The van der Waals surface area contributed by atoms with Crippen LogP contribution in [0.1, 0.15) is 17.0 Å². The van der Waals surface area contributed by atoms with Gasteiger partial charge in [0.05, 0.1) is 57.2 Å². The molecule has 0 N–H and O–H groups in total. The van der Waals surface area contributed by atoms with Gasteiger partial charge in [0.15, 0.2) is 0 Å². The zero-order valence-electron chi connectivity index (χ0n) is 31.8. The van der Waals surface area contributed by atoms with Crippen molar-refractivity contribution < 1.29 is 0 Å². The van der Waals surface area contributed by atoms with Crippen LogP contribution in [0.5, 0.6) is 0 Å². The normalized spacial score (nSPS) is 10.3. The molecule has 0 saturated carbocycles. The number of rotatable bonds is 10. The molecule has 4 heterocycles. The molecular formula is C52H38N6. The molecule has 0 amide bonds. The number of pyridine rings is 3. The van der Waals surface area contributed by atoms with E-state index < -0.39 is 0 Å². The average Bonchev–Trinajstić information content (AvgIpc) is 3.31. The van der Waals surface area contributed by atoms with Crippen LogP contribution in [-0.2, 0) is 0 Å². The molecule has 276 valence electrons. The highest BCUT2D eigenvalue weighted by molar-refractivity contribution is 5.83. The van der Waals surface area contributed by atoms with Gasteiger partial charge in [-0.05, 0) is 71.8 Å². The Labute approximate surface area is 339 Å². The standard InChI is InChI=1S/C48H32N6.C4H6/c1-3-41-42(4-2)54-48(47(53-41)38-13-11-32(31-49)12-14-38)39-25-15-33(16-26-39)40-29-45(36-21-17-34(18-22-36)43-9-5-7-27-50-43)52-46(30-40)37-23-19-35(20-24-37)44-10-6-8-28-51-44;1-3-4-2/h3-30H,1-2H2;3-4H,1-2H2. The van der Waals surface area contributed by atoms with E-state index in [2.05, 4.69) is 127 Å². The van der Waals surface area contributed by atoms with E-state index in [-0.39, 0.29) is 0 Å². The van der Waals surface area contributed by atoms with Crippen molar-refractivity contribution in [2.45, 2.75) is 0 Å². The molecule has 0 atom stereocenters. The summed E-state index contributed by atoms with van der Waals surface area (Å²) in [6, 6.07) is 50.7. The van der Waals surface area contributed by atoms with E-state index >= 15 is 0 Å². The highest BCUT2D eigenvalue weighted by Gasteiger charge is 2.16. The Balaban J connectivity index is 0.00000122. The van der Waals surface area contributed by atoms with Gasteiger partial charge in [-0.1, -0.05) is 136 Å². The second-order valence-corrected chi connectivity index (χ2v) is 13.0. The van der Waals surface area contributed by atoms with Gasteiger partial charge in [0.25, 0.3) is 0 Å². The van der Waals surface area contributed by atoms with E-state index in [1.165, 1.54) is 0 Å². The molecule has 0 radical (unpaired) electrons. The van der Waals surface area contributed by atoms with E-state index in [9.17, 15) is 5.26 Å². The first-order chi connectivity index (χ1) is 28.5. The smallest absolute Gasteiger partial charge is 0.0991 e. The van der Waals surface area contributed by atoms with Gasteiger partial charge in [0.1, 0.15) is 0 Å². The number of allylic oxidation sites excluding steroid dienone is 2. The lowest BCUT2D eigenvalue weighted by Gasteiger charge is -2.14. The van der Waals surface area contributed by atoms with Crippen LogP contribution in [0.2, 0.25) is 0 Å². The average molecular weight is 747 g/mol. The number of nitriles is 1. The Morgan fingerprint density at radius 1 is 0.397 bits per heavy atom. The lowest BCUT2D eigenvalue weighted by Crippen LogP contribution is -2.00. The van der Waals surface area contributed by atoms with E-state index in [0.717, 1.165) is 67.3 Å². The van der Waals surface area contributed by atoms with Crippen LogP contribution < -0.4 is 0 Å². The minimum absolute atomic E-state index is 0.577. The minimum Gasteiger partial charge on any atom is -0.256 e. The Morgan fingerprint density at radius 3 is 1.14 bits per heavy atom. The molecule has 0 unspecified atom stereocenters. The maximum absolute atomic E-state index is 9.36. The Bertz CT molecular complexity index is 2640. The second-order valence-electron chi connectivity index (χ2n) is 13.0. The van der Waals surface area contributed by atoms with Gasteiger partial charge in [-0.2, -0.15) is 5.26 Å². The summed E-state index contributed by atoms with van der Waals surface area (Å²) in [5.41, 5.74) is 14.7. The first-order valence-electron chi connectivity index (χ1n) is 18.6. The highest BCUT2D eigenvalue weighted by Crippen LogP contribution is 2.35. The van der Waals surface area contributed by atoms with E-state index in [1.807, 2.05) is 48.5 Å². The Kier molecular flexibility index (Phi) is 11.8. The van der Waals surface area contributed by atoms with Gasteiger partial charge < -0.3 is 0 Å². The topological polar surface area (TPSA) is 88.2 Å². The van der Waals surface area contributed by atoms with Crippen molar-refractivity contribution >= 4 is 12.2 Å². The number of hydrogen-bond acceptors (Lipinski definition) is 6. The van der Waals surface area contributed by atoms with Crippen LogP contribution in [0.25, 0.3) is 90.8 Å². The Morgan fingerprint density at radius 2 is 0.776 bits per heavy atom. The van der Waals surface area contributed by atoms with Crippen molar-refractivity contribution in [1.82, 2.24) is 24.9 Å². The van der Waals surface area contributed by atoms with Crippen molar-refractivity contribution in [1.29, 1.82) is 5.26 Å². The summed E-state index contributed by atoms with van der Waals surface area (Å²) in [6.45, 7) is 14.6. The van der Waals surface area contributed by atoms with Gasteiger partial charge in [-0.25, -0.2) is 15.0 Å². The van der Waals surface area contributed by atoms with E-state index in [4.69, 9.17) is 15.0 Å². The van der Waals surface area contributed by atoms with Gasteiger partial charge in [-0.15, -0.1) is 0 Å². The summed E-state index contributed by atoms with van der Waals surface area (Å²) in [5.74, 6) is 0. The first-order valence-corrected chi connectivity index (χ1v) is 18.6. The van der Waals surface area contributed by atoms with Crippen LogP contribution in [-0.4, -0.2) is 24.9 Å². The number of benzene rings is 4. The van der Waals surface area contributed by atoms with E-state index in [0.29, 0.717) is 28.3 Å². The van der Waals surface area contributed by atoms with Crippen LogP contribution >= 0.6 is 0 Å². The summed E-state index contributed by atoms with van der Waals surface area (Å²) < 4.78 is 0. The van der Waals surface area contributed by atoms with Crippen LogP contribution in [0, 0.1) is 11.3 Å². The molecule has 6 heteroatoms. The number of nitrogens with zero attached hydrogens (tertiary/aromatic N) is 6. The summed E-state index contributed by atoms with van der Waals surface area (Å²) >= 11 is 0. The zero-order chi connectivity index (χ0) is 40.3. The SMILES string of the molecule is C=CC=C.C=Cc1nc(-c2ccc(C#N)cc2)c(-c2ccc(-c3cc(-c4ccc(-c5ccccn5)cc4)nc(-c4ccc(-c5ccccn5)cc4)c3)cc2)nc1C=C. The molecule has 4 aromatic heterocycles. The molecule has 6 nitrogen and oxygen atoms in total. The van der Waals surface area contributed by atoms with Crippen LogP contribution in [0.15, 0.2) is 196 Å². The van der Waals surface area contributed by atoms with Gasteiger partial charge in [0, 0.05) is 45.8 Å².